The summed E-state index contributed by atoms with van der Waals surface area (Å²) in [5.41, 5.74) is 2.67. The summed E-state index contributed by atoms with van der Waals surface area (Å²) in [5, 5.41) is 2.99. The van der Waals surface area contributed by atoms with E-state index in [2.05, 4.69) is 50.4 Å². The fourth-order valence-corrected chi connectivity index (χ4v) is 1.89. The lowest BCUT2D eigenvalue weighted by molar-refractivity contribution is -0.130. The first-order chi connectivity index (χ1) is 8.84. The fraction of sp³-hybridized carbons (Fsp3) is 0.562. The van der Waals surface area contributed by atoms with Crippen molar-refractivity contribution >= 4 is 5.91 Å². The van der Waals surface area contributed by atoms with Gasteiger partial charge in [-0.2, -0.15) is 0 Å². The average molecular weight is 262 g/mol. The minimum atomic E-state index is 0.174. The molecule has 0 radical (unpaired) electrons. The molecule has 0 saturated heterocycles. The van der Waals surface area contributed by atoms with Crippen molar-refractivity contribution in [1.29, 1.82) is 0 Å². The molecule has 1 N–H and O–H groups in total. The van der Waals surface area contributed by atoms with E-state index in [1.165, 1.54) is 11.1 Å². The van der Waals surface area contributed by atoms with E-state index in [9.17, 15) is 4.79 Å². The number of rotatable bonds is 5. The van der Waals surface area contributed by atoms with Gasteiger partial charge in [0.1, 0.15) is 0 Å². The topological polar surface area (TPSA) is 32.3 Å². The highest BCUT2D eigenvalue weighted by Crippen LogP contribution is 2.22. The summed E-state index contributed by atoms with van der Waals surface area (Å²) in [7, 11) is 3.72. The van der Waals surface area contributed by atoms with Gasteiger partial charge in [0.05, 0.1) is 0 Å². The molecule has 0 aromatic heterocycles. The van der Waals surface area contributed by atoms with E-state index in [0.29, 0.717) is 13.0 Å². The zero-order valence-corrected chi connectivity index (χ0v) is 12.8. The van der Waals surface area contributed by atoms with Crippen molar-refractivity contribution in [1.82, 2.24) is 10.2 Å². The maximum absolute atomic E-state index is 11.8. The van der Waals surface area contributed by atoms with Gasteiger partial charge in [0.25, 0.3) is 0 Å². The highest BCUT2D eigenvalue weighted by molar-refractivity contribution is 5.76. The smallest absolute Gasteiger partial charge is 0.223 e. The Morgan fingerprint density at radius 1 is 1.21 bits per heavy atom. The van der Waals surface area contributed by atoms with Crippen LogP contribution in [0.4, 0.5) is 0 Å². The van der Waals surface area contributed by atoms with E-state index in [-0.39, 0.29) is 11.3 Å². The normalized spacial score (nSPS) is 11.4. The molecule has 1 aromatic carbocycles. The van der Waals surface area contributed by atoms with E-state index < -0.39 is 0 Å². The minimum absolute atomic E-state index is 0.174. The number of carbonyl (C=O) groups is 1. The summed E-state index contributed by atoms with van der Waals surface area (Å²) < 4.78 is 0. The van der Waals surface area contributed by atoms with Crippen molar-refractivity contribution in [3.05, 3.63) is 35.4 Å². The van der Waals surface area contributed by atoms with Crippen molar-refractivity contribution in [3.8, 4) is 0 Å². The van der Waals surface area contributed by atoms with E-state index in [4.69, 9.17) is 0 Å². The molecule has 0 spiro atoms. The molecule has 0 saturated carbocycles. The SMILES string of the molecule is CNCCC(=O)N(C)Cc1ccc(C(C)(C)C)cc1. The number of amides is 1. The van der Waals surface area contributed by atoms with Gasteiger partial charge < -0.3 is 10.2 Å². The number of hydrogen-bond acceptors (Lipinski definition) is 2. The summed E-state index contributed by atoms with van der Waals surface area (Å²) >= 11 is 0. The molecule has 0 atom stereocenters. The maximum Gasteiger partial charge on any atom is 0.223 e. The molecule has 0 aliphatic carbocycles. The predicted octanol–water partition coefficient (Wildman–Crippen LogP) is 2.55. The summed E-state index contributed by atoms with van der Waals surface area (Å²) in [4.78, 5) is 13.6. The van der Waals surface area contributed by atoms with E-state index in [0.717, 1.165) is 6.54 Å². The van der Waals surface area contributed by atoms with Crippen LogP contribution in [0.25, 0.3) is 0 Å². The second kappa shape index (κ2) is 6.71. The molecular weight excluding hydrogens is 236 g/mol. The Morgan fingerprint density at radius 2 is 1.79 bits per heavy atom. The molecular formula is C16H26N2O. The molecule has 1 amide bonds. The molecule has 3 nitrogen and oxygen atoms in total. The van der Waals surface area contributed by atoms with Gasteiger partial charge >= 0.3 is 0 Å². The molecule has 0 heterocycles. The Hall–Kier alpha value is -1.35. The first-order valence-electron chi connectivity index (χ1n) is 6.82. The largest absolute Gasteiger partial charge is 0.341 e. The number of hydrogen-bond donors (Lipinski definition) is 1. The molecule has 1 rings (SSSR count). The standard InChI is InChI=1S/C16H26N2O/c1-16(2,3)14-8-6-13(7-9-14)12-18(5)15(19)10-11-17-4/h6-9,17H,10-12H2,1-5H3. The van der Waals surface area contributed by atoms with Crippen LogP contribution in [0, 0.1) is 0 Å². The number of nitrogens with one attached hydrogen (secondary N) is 1. The molecule has 19 heavy (non-hydrogen) atoms. The fourth-order valence-electron chi connectivity index (χ4n) is 1.89. The van der Waals surface area contributed by atoms with Gasteiger partial charge in [0.15, 0.2) is 0 Å². The lowest BCUT2D eigenvalue weighted by Gasteiger charge is -2.21. The monoisotopic (exact) mass is 262 g/mol. The Bertz CT molecular complexity index is 404. The highest BCUT2D eigenvalue weighted by Gasteiger charge is 2.13. The first-order valence-corrected chi connectivity index (χ1v) is 6.82. The molecule has 3 heteroatoms. The van der Waals surface area contributed by atoms with Crippen LogP contribution < -0.4 is 5.32 Å². The van der Waals surface area contributed by atoms with Gasteiger partial charge in [-0.3, -0.25) is 4.79 Å². The van der Waals surface area contributed by atoms with Crippen LogP contribution in [0.5, 0.6) is 0 Å². The van der Waals surface area contributed by atoms with Gasteiger partial charge in [0, 0.05) is 26.6 Å². The quantitative estimate of drug-likeness (QED) is 0.884. The van der Waals surface area contributed by atoms with Crippen LogP contribution in [-0.2, 0) is 16.8 Å². The number of carbonyl (C=O) groups excluding carboxylic acids is 1. The van der Waals surface area contributed by atoms with Gasteiger partial charge in [-0.15, -0.1) is 0 Å². The summed E-state index contributed by atoms with van der Waals surface area (Å²) in [6, 6.07) is 8.54. The van der Waals surface area contributed by atoms with Crippen LogP contribution in [-0.4, -0.2) is 31.4 Å². The maximum atomic E-state index is 11.8. The molecule has 0 fully saturated rings. The van der Waals surface area contributed by atoms with Crippen LogP contribution in [0.1, 0.15) is 38.3 Å². The Kier molecular flexibility index (Phi) is 5.55. The summed E-state index contributed by atoms with van der Waals surface area (Å²) in [5.74, 6) is 0.175. The second-order valence-electron chi connectivity index (χ2n) is 6.05. The van der Waals surface area contributed by atoms with Crippen LogP contribution in [0.3, 0.4) is 0 Å². The Balaban J connectivity index is 2.60. The number of benzene rings is 1. The van der Waals surface area contributed by atoms with Gasteiger partial charge in [-0.1, -0.05) is 45.0 Å². The zero-order chi connectivity index (χ0) is 14.5. The molecule has 0 bridgehead atoms. The van der Waals surface area contributed by atoms with Crippen LogP contribution >= 0.6 is 0 Å². The van der Waals surface area contributed by atoms with E-state index in [1.54, 1.807) is 4.90 Å². The lowest BCUT2D eigenvalue weighted by atomic mass is 9.87. The molecule has 0 aliphatic heterocycles. The van der Waals surface area contributed by atoms with Gasteiger partial charge in [0.2, 0.25) is 5.91 Å². The van der Waals surface area contributed by atoms with Gasteiger partial charge in [-0.05, 0) is 23.6 Å². The van der Waals surface area contributed by atoms with E-state index >= 15 is 0 Å². The van der Waals surface area contributed by atoms with E-state index in [1.807, 2.05) is 14.1 Å². The lowest BCUT2D eigenvalue weighted by Crippen LogP contribution is -2.28. The molecule has 0 aliphatic rings. The Morgan fingerprint density at radius 3 is 2.26 bits per heavy atom. The predicted molar refractivity (Wildman–Crippen MR) is 80.2 cm³/mol. The molecule has 106 valence electrons. The van der Waals surface area contributed by atoms with Crippen molar-refractivity contribution in [3.63, 3.8) is 0 Å². The van der Waals surface area contributed by atoms with Crippen LogP contribution in [0.2, 0.25) is 0 Å². The summed E-state index contributed by atoms with van der Waals surface area (Å²) in [6.07, 6.45) is 0.549. The molecule has 1 aromatic rings. The Labute approximate surface area is 117 Å². The third-order valence-corrected chi connectivity index (χ3v) is 3.25. The summed E-state index contributed by atoms with van der Waals surface area (Å²) in [6.45, 7) is 8.01. The zero-order valence-electron chi connectivity index (χ0n) is 12.8. The third-order valence-electron chi connectivity index (χ3n) is 3.25. The van der Waals surface area contributed by atoms with Crippen molar-refractivity contribution < 1.29 is 4.79 Å². The average Bonchev–Trinajstić information content (AvgIpc) is 2.35. The second-order valence-corrected chi connectivity index (χ2v) is 6.05. The van der Waals surface area contributed by atoms with Gasteiger partial charge in [-0.25, -0.2) is 0 Å². The minimum Gasteiger partial charge on any atom is -0.341 e. The van der Waals surface area contributed by atoms with Crippen molar-refractivity contribution in [2.24, 2.45) is 0 Å². The van der Waals surface area contributed by atoms with Crippen LogP contribution in [0.15, 0.2) is 24.3 Å². The number of nitrogens with zero attached hydrogens (tertiary/aromatic N) is 1. The first kappa shape index (κ1) is 15.7. The molecule has 0 unspecified atom stereocenters. The third kappa shape index (κ3) is 5.03. The van der Waals surface area contributed by atoms with Crippen molar-refractivity contribution in [2.75, 3.05) is 20.6 Å². The highest BCUT2D eigenvalue weighted by atomic mass is 16.2. The van der Waals surface area contributed by atoms with Crippen molar-refractivity contribution in [2.45, 2.75) is 39.2 Å².